The first kappa shape index (κ1) is 13.2. The van der Waals surface area contributed by atoms with E-state index in [-0.39, 0.29) is 17.7 Å². The Hall–Kier alpha value is -2.24. The number of benzene rings is 1. The molecule has 1 aromatic heterocycles. The lowest BCUT2D eigenvalue weighted by atomic mass is 10.3. The first-order chi connectivity index (χ1) is 9.06. The summed E-state index contributed by atoms with van der Waals surface area (Å²) in [6.07, 6.45) is 1.51. The van der Waals surface area contributed by atoms with Gasteiger partial charge in [0.15, 0.2) is 0 Å². The Labute approximate surface area is 109 Å². The number of para-hydroxylation sites is 1. The molecule has 4 nitrogen and oxygen atoms in total. The summed E-state index contributed by atoms with van der Waals surface area (Å²) in [6.45, 7) is 3.93. The van der Waals surface area contributed by atoms with Crippen molar-refractivity contribution in [1.29, 1.82) is 0 Å². The van der Waals surface area contributed by atoms with Gasteiger partial charge in [0.05, 0.1) is 0 Å². The molecule has 0 atom stereocenters. The minimum atomic E-state index is -0.689. The molecule has 0 aliphatic heterocycles. The molecule has 0 aliphatic rings. The van der Waals surface area contributed by atoms with Crippen LogP contribution in [0.15, 0.2) is 30.5 Å². The monoisotopic (exact) mass is 264 g/mol. The van der Waals surface area contributed by atoms with Gasteiger partial charge in [-0.3, -0.25) is 0 Å². The van der Waals surface area contributed by atoms with E-state index in [1.165, 1.54) is 24.4 Å². The highest BCUT2D eigenvalue weighted by molar-refractivity contribution is 5.56. The van der Waals surface area contributed by atoms with Crippen LogP contribution in [0.2, 0.25) is 0 Å². The fourth-order valence-electron chi connectivity index (χ4n) is 1.52. The Bertz CT molecular complexity index is 552. The van der Waals surface area contributed by atoms with Crippen molar-refractivity contribution in [3.05, 3.63) is 42.1 Å². The number of nitrogens with one attached hydrogen (secondary N) is 2. The zero-order valence-corrected chi connectivity index (χ0v) is 10.6. The molecule has 2 rings (SSSR count). The van der Waals surface area contributed by atoms with Crippen molar-refractivity contribution < 1.29 is 8.78 Å². The SMILES string of the molecule is CC(C)Nc1ccnc(Nc2c(F)cccc2F)n1. The summed E-state index contributed by atoms with van der Waals surface area (Å²) in [6, 6.07) is 5.52. The van der Waals surface area contributed by atoms with Crippen LogP contribution in [0.4, 0.5) is 26.2 Å². The first-order valence-electron chi connectivity index (χ1n) is 5.87. The maximum Gasteiger partial charge on any atom is 0.229 e. The number of rotatable bonds is 4. The molecule has 0 fully saturated rings. The minimum absolute atomic E-state index is 0.134. The first-order valence-corrected chi connectivity index (χ1v) is 5.87. The molecule has 100 valence electrons. The molecular weight excluding hydrogens is 250 g/mol. The predicted octanol–water partition coefficient (Wildman–Crippen LogP) is 3.32. The van der Waals surface area contributed by atoms with Crippen molar-refractivity contribution in [3.8, 4) is 0 Å². The number of halogens is 2. The van der Waals surface area contributed by atoms with Gasteiger partial charge in [0.2, 0.25) is 5.95 Å². The van der Waals surface area contributed by atoms with E-state index in [0.717, 1.165) is 0 Å². The highest BCUT2D eigenvalue weighted by Crippen LogP contribution is 2.21. The van der Waals surface area contributed by atoms with Crippen LogP contribution in [-0.2, 0) is 0 Å². The van der Waals surface area contributed by atoms with E-state index in [0.29, 0.717) is 5.82 Å². The maximum atomic E-state index is 13.5. The van der Waals surface area contributed by atoms with Gasteiger partial charge in [-0.25, -0.2) is 13.8 Å². The maximum absolute atomic E-state index is 13.5. The van der Waals surface area contributed by atoms with Crippen molar-refractivity contribution in [2.45, 2.75) is 19.9 Å². The van der Waals surface area contributed by atoms with E-state index in [1.54, 1.807) is 6.07 Å². The second-order valence-electron chi connectivity index (χ2n) is 4.29. The van der Waals surface area contributed by atoms with Crippen LogP contribution < -0.4 is 10.6 Å². The molecule has 6 heteroatoms. The van der Waals surface area contributed by atoms with Crippen LogP contribution in [0.25, 0.3) is 0 Å². The van der Waals surface area contributed by atoms with E-state index in [2.05, 4.69) is 20.6 Å². The highest BCUT2D eigenvalue weighted by atomic mass is 19.1. The van der Waals surface area contributed by atoms with E-state index in [4.69, 9.17) is 0 Å². The Balaban J connectivity index is 2.24. The van der Waals surface area contributed by atoms with E-state index >= 15 is 0 Å². The fraction of sp³-hybridized carbons (Fsp3) is 0.231. The summed E-state index contributed by atoms with van der Waals surface area (Å²) in [5.41, 5.74) is -0.260. The molecule has 19 heavy (non-hydrogen) atoms. The molecule has 0 spiro atoms. The second-order valence-corrected chi connectivity index (χ2v) is 4.29. The highest BCUT2D eigenvalue weighted by Gasteiger charge is 2.10. The van der Waals surface area contributed by atoms with E-state index in [9.17, 15) is 8.78 Å². The number of hydrogen-bond donors (Lipinski definition) is 2. The van der Waals surface area contributed by atoms with Crippen LogP contribution in [0.1, 0.15) is 13.8 Å². The number of anilines is 3. The predicted molar refractivity (Wildman–Crippen MR) is 70.4 cm³/mol. The Morgan fingerprint density at radius 3 is 2.42 bits per heavy atom. The van der Waals surface area contributed by atoms with Gasteiger partial charge < -0.3 is 10.6 Å². The molecule has 0 amide bonds. The Morgan fingerprint density at radius 2 is 1.79 bits per heavy atom. The van der Waals surface area contributed by atoms with Crippen LogP contribution >= 0.6 is 0 Å². The van der Waals surface area contributed by atoms with Gasteiger partial charge in [-0.1, -0.05) is 6.07 Å². The van der Waals surface area contributed by atoms with Crippen LogP contribution in [0.3, 0.4) is 0 Å². The number of hydrogen-bond acceptors (Lipinski definition) is 4. The quantitative estimate of drug-likeness (QED) is 0.889. The lowest BCUT2D eigenvalue weighted by Gasteiger charge is -2.11. The van der Waals surface area contributed by atoms with Gasteiger partial charge >= 0.3 is 0 Å². The normalized spacial score (nSPS) is 10.6. The van der Waals surface area contributed by atoms with Crippen molar-refractivity contribution in [2.24, 2.45) is 0 Å². The van der Waals surface area contributed by atoms with Gasteiger partial charge in [-0.2, -0.15) is 4.98 Å². The zero-order valence-electron chi connectivity index (χ0n) is 10.6. The second kappa shape index (κ2) is 5.60. The van der Waals surface area contributed by atoms with Gasteiger partial charge in [0.1, 0.15) is 23.1 Å². The van der Waals surface area contributed by atoms with Crippen molar-refractivity contribution in [2.75, 3.05) is 10.6 Å². The lowest BCUT2D eigenvalue weighted by Crippen LogP contribution is -2.12. The standard InChI is InChI=1S/C13H14F2N4/c1-8(2)17-11-6-7-16-13(18-11)19-12-9(14)4-3-5-10(12)15/h3-8H,1-2H3,(H2,16,17,18,19). The average molecular weight is 264 g/mol. The molecule has 0 bridgehead atoms. The number of nitrogens with zero attached hydrogens (tertiary/aromatic N) is 2. The molecule has 1 heterocycles. The molecule has 0 aliphatic carbocycles. The average Bonchev–Trinajstić information content (AvgIpc) is 2.34. The van der Waals surface area contributed by atoms with Gasteiger partial charge in [0.25, 0.3) is 0 Å². The molecule has 1 aromatic carbocycles. The Kier molecular flexibility index (Phi) is 3.89. The summed E-state index contributed by atoms with van der Waals surface area (Å²) in [4.78, 5) is 8.05. The van der Waals surface area contributed by atoms with Crippen LogP contribution in [0, 0.1) is 11.6 Å². The van der Waals surface area contributed by atoms with Crippen LogP contribution in [-0.4, -0.2) is 16.0 Å². The smallest absolute Gasteiger partial charge is 0.229 e. The molecule has 2 aromatic rings. The molecule has 0 saturated heterocycles. The summed E-state index contributed by atoms with van der Waals surface area (Å²) in [7, 11) is 0. The van der Waals surface area contributed by atoms with Crippen molar-refractivity contribution in [1.82, 2.24) is 9.97 Å². The third-order valence-electron chi connectivity index (χ3n) is 2.29. The van der Waals surface area contributed by atoms with Gasteiger partial charge in [-0.05, 0) is 32.0 Å². The van der Waals surface area contributed by atoms with Crippen molar-refractivity contribution in [3.63, 3.8) is 0 Å². The topological polar surface area (TPSA) is 49.8 Å². The third-order valence-corrected chi connectivity index (χ3v) is 2.29. The molecule has 0 saturated carbocycles. The van der Waals surface area contributed by atoms with Crippen molar-refractivity contribution >= 4 is 17.5 Å². The van der Waals surface area contributed by atoms with Crippen LogP contribution in [0.5, 0.6) is 0 Å². The molecule has 2 N–H and O–H groups in total. The Morgan fingerprint density at radius 1 is 1.11 bits per heavy atom. The molecular formula is C13H14F2N4. The largest absolute Gasteiger partial charge is 0.368 e. The zero-order chi connectivity index (χ0) is 13.8. The lowest BCUT2D eigenvalue weighted by molar-refractivity contribution is 0.590. The summed E-state index contributed by atoms with van der Waals surface area (Å²) >= 11 is 0. The summed E-state index contributed by atoms with van der Waals surface area (Å²) in [5, 5.41) is 5.62. The summed E-state index contributed by atoms with van der Waals surface area (Å²) in [5.74, 6) is -0.657. The van der Waals surface area contributed by atoms with Gasteiger partial charge in [0, 0.05) is 12.2 Å². The minimum Gasteiger partial charge on any atom is -0.368 e. The van der Waals surface area contributed by atoms with E-state index in [1.807, 2.05) is 13.8 Å². The third kappa shape index (κ3) is 3.37. The van der Waals surface area contributed by atoms with Gasteiger partial charge in [-0.15, -0.1) is 0 Å². The summed E-state index contributed by atoms with van der Waals surface area (Å²) < 4.78 is 26.9. The van der Waals surface area contributed by atoms with E-state index < -0.39 is 11.6 Å². The number of aromatic nitrogens is 2. The molecule has 0 radical (unpaired) electrons. The fourth-order valence-corrected chi connectivity index (χ4v) is 1.52. The molecule has 0 unspecified atom stereocenters.